The quantitative estimate of drug-likeness (QED) is 0.602. The van der Waals surface area contributed by atoms with Crippen LogP contribution in [0.5, 0.6) is 11.5 Å². The fourth-order valence-electron chi connectivity index (χ4n) is 3.85. The molecule has 0 aliphatic carbocycles. The summed E-state index contributed by atoms with van der Waals surface area (Å²) in [6.45, 7) is 1.10. The van der Waals surface area contributed by atoms with Gasteiger partial charge in [-0.05, 0) is 61.4 Å². The average Bonchev–Trinajstić information content (AvgIpc) is 2.82. The molecule has 2 heterocycles. The average molecular weight is 404 g/mol. The second-order valence-electron chi connectivity index (χ2n) is 7.41. The van der Waals surface area contributed by atoms with Gasteiger partial charge in [0.2, 0.25) is 0 Å². The van der Waals surface area contributed by atoms with E-state index in [1.807, 2.05) is 24.3 Å². The highest BCUT2D eigenvalue weighted by Gasteiger charge is 2.29. The van der Waals surface area contributed by atoms with Gasteiger partial charge in [-0.2, -0.15) is 0 Å². The van der Waals surface area contributed by atoms with Crippen LogP contribution in [0.25, 0.3) is 10.9 Å². The van der Waals surface area contributed by atoms with E-state index >= 15 is 0 Å². The maximum absolute atomic E-state index is 12.9. The lowest BCUT2D eigenvalue weighted by Gasteiger charge is -2.31. The predicted octanol–water partition coefficient (Wildman–Crippen LogP) is 3.99. The van der Waals surface area contributed by atoms with Crippen LogP contribution in [0, 0.1) is 5.92 Å². The van der Waals surface area contributed by atoms with E-state index in [0.717, 1.165) is 22.4 Å². The fraction of sp³-hybridized carbons (Fsp3) is 0.292. The molecule has 1 saturated heterocycles. The highest BCUT2D eigenvalue weighted by Crippen LogP contribution is 2.25. The van der Waals surface area contributed by atoms with E-state index in [0.29, 0.717) is 37.2 Å². The third-order valence-corrected chi connectivity index (χ3v) is 5.64. The van der Waals surface area contributed by atoms with Gasteiger partial charge >= 0.3 is 0 Å². The number of benzene rings is 2. The van der Waals surface area contributed by atoms with E-state index in [-0.39, 0.29) is 17.6 Å². The molecule has 0 atom stereocenters. The van der Waals surface area contributed by atoms with Crippen LogP contribution in [0.1, 0.15) is 33.7 Å². The second kappa shape index (κ2) is 8.53. The zero-order valence-corrected chi connectivity index (χ0v) is 17.1. The fourth-order valence-corrected chi connectivity index (χ4v) is 3.85. The molecule has 0 unspecified atom stereocenters. The molecule has 0 N–H and O–H groups in total. The smallest absolute Gasteiger partial charge is 0.272 e. The second-order valence-corrected chi connectivity index (χ2v) is 7.41. The van der Waals surface area contributed by atoms with Crippen molar-refractivity contribution in [1.82, 2.24) is 9.88 Å². The van der Waals surface area contributed by atoms with Gasteiger partial charge in [0, 0.05) is 30.0 Å². The largest absolute Gasteiger partial charge is 0.497 e. The number of amides is 1. The molecular formula is C24H24N2O4. The molecule has 3 aromatic rings. The lowest BCUT2D eigenvalue weighted by atomic mass is 9.88. The molecule has 4 rings (SSSR count). The monoisotopic (exact) mass is 404 g/mol. The first kappa shape index (κ1) is 19.9. The van der Waals surface area contributed by atoms with Crippen LogP contribution in [0.3, 0.4) is 0 Å². The molecule has 0 spiro atoms. The van der Waals surface area contributed by atoms with Crippen LogP contribution >= 0.6 is 0 Å². The van der Waals surface area contributed by atoms with Crippen molar-refractivity contribution < 1.29 is 19.1 Å². The molecular weight excluding hydrogens is 380 g/mol. The number of fused-ring (bicyclic) bond motifs is 1. The third kappa shape index (κ3) is 3.99. The van der Waals surface area contributed by atoms with E-state index in [2.05, 4.69) is 4.98 Å². The number of hydrogen-bond acceptors (Lipinski definition) is 5. The normalized spacial score (nSPS) is 14.5. The van der Waals surface area contributed by atoms with Crippen molar-refractivity contribution in [1.29, 1.82) is 0 Å². The van der Waals surface area contributed by atoms with E-state index in [4.69, 9.17) is 9.47 Å². The minimum Gasteiger partial charge on any atom is -0.497 e. The zero-order chi connectivity index (χ0) is 21.1. The summed E-state index contributed by atoms with van der Waals surface area (Å²) < 4.78 is 10.4. The Morgan fingerprint density at radius 2 is 1.57 bits per heavy atom. The summed E-state index contributed by atoms with van der Waals surface area (Å²) in [4.78, 5) is 32.0. The summed E-state index contributed by atoms with van der Waals surface area (Å²) in [6, 6.07) is 16.4. The Labute approximate surface area is 175 Å². The number of ether oxygens (including phenoxy) is 2. The molecule has 1 aliphatic rings. The number of carbonyl (C=O) groups is 2. The highest BCUT2D eigenvalue weighted by molar-refractivity contribution is 5.98. The third-order valence-electron chi connectivity index (χ3n) is 5.64. The van der Waals surface area contributed by atoms with Gasteiger partial charge in [-0.15, -0.1) is 0 Å². The molecule has 1 aromatic heterocycles. The Balaban J connectivity index is 1.41. The van der Waals surface area contributed by atoms with Gasteiger partial charge in [0.15, 0.2) is 5.78 Å². The summed E-state index contributed by atoms with van der Waals surface area (Å²) in [5.41, 5.74) is 1.87. The molecule has 0 radical (unpaired) electrons. The predicted molar refractivity (Wildman–Crippen MR) is 114 cm³/mol. The number of methoxy groups -OCH3 is 2. The van der Waals surface area contributed by atoms with E-state index < -0.39 is 0 Å². The van der Waals surface area contributed by atoms with Gasteiger partial charge in [0.1, 0.15) is 17.2 Å². The Hall–Kier alpha value is -3.41. The maximum atomic E-state index is 12.9. The number of piperidine rings is 1. The minimum absolute atomic E-state index is 0.0699. The van der Waals surface area contributed by atoms with Gasteiger partial charge in [-0.3, -0.25) is 9.59 Å². The van der Waals surface area contributed by atoms with Crippen molar-refractivity contribution in [2.45, 2.75) is 12.8 Å². The summed E-state index contributed by atoms with van der Waals surface area (Å²) in [5, 5.41) is 0.926. The SMILES string of the molecule is COc1ccc(C(=O)C2CCN(C(=O)c3ccc4cc(OC)ccc4n3)CC2)cc1. The first-order chi connectivity index (χ1) is 14.6. The van der Waals surface area contributed by atoms with Crippen LogP contribution in [0.2, 0.25) is 0 Å². The molecule has 6 heteroatoms. The van der Waals surface area contributed by atoms with Crippen molar-refractivity contribution in [2.24, 2.45) is 5.92 Å². The summed E-state index contributed by atoms with van der Waals surface area (Å²) in [6.07, 6.45) is 1.31. The number of Topliss-reactive ketones (excluding diaryl/α,β-unsaturated/α-hetero) is 1. The van der Waals surface area contributed by atoms with Crippen molar-refractivity contribution in [3.05, 3.63) is 65.9 Å². The number of rotatable bonds is 5. The Morgan fingerprint density at radius 3 is 2.23 bits per heavy atom. The number of pyridine rings is 1. The molecule has 0 bridgehead atoms. The van der Waals surface area contributed by atoms with Crippen LogP contribution in [0.15, 0.2) is 54.6 Å². The minimum atomic E-state index is -0.0944. The van der Waals surface area contributed by atoms with Gasteiger partial charge in [-0.25, -0.2) is 4.98 Å². The lowest BCUT2D eigenvalue weighted by molar-refractivity contribution is 0.0646. The summed E-state index contributed by atoms with van der Waals surface area (Å²) in [7, 11) is 3.22. The summed E-state index contributed by atoms with van der Waals surface area (Å²) >= 11 is 0. The van der Waals surface area contributed by atoms with Crippen molar-refractivity contribution >= 4 is 22.6 Å². The van der Waals surface area contributed by atoms with Crippen LogP contribution in [0.4, 0.5) is 0 Å². The molecule has 1 aliphatic heterocycles. The Kier molecular flexibility index (Phi) is 5.65. The van der Waals surface area contributed by atoms with E-state index in [1.54, 1.807) is 49.5 Å². The van der Waals surface area contributed by atoms with Crippen molar-refractivity contribution in [3.8, 4) is 11.5 Å². The topological polar surface area (TPSA) is 68.7 Å². The number of hydrogen-bond donors (Lipinski definition) is 0. The first-order valence-electron chi connectivity index (χ1n) is 10.0. The molecule has 1 fully saturated rings. The molecule has 1 amide bonds. The van der Waals surface area contributed by atoms with Gasteiger partial charge in [-0.1, -0.05) is 6.07 Å². The maximum Gasteiger partial charge on any atom is 0.272 e. The van der Waals surface area contributed by atoms with Crippen LogP contribution < -0.4 is 9.47 Å². The van der Waals surface area contributed by atoms with Crippen LogP contribution in [-0.4, -0.2) is 48.9 Å². The number of nitrogens with zero attached hydrogens (tertiary/aromatic N) is 2. The number of carbonyl (C=O) groups excluding carboxylic acids is 2. The van der Waals surface area contributed by atoms with E-state index in [9.17, 15) is 9.59 Å². The van der Waals surface area contributed by atoms with E-state index in [1.165, 1.54) is 0 Å². The first-order valence-corrected chi connectivity index (χ1v) is 10.0. The van der Waals surface area contributed by atoms with Gasteiger partial charge in [0.05, 0.1) is 19.7 Å². The number of likely N-dealkylation sites (tertiary alicyclic amines) is 1. The van der Waals surface area contributed by atoms with Gasteiger partial charge in [0.25, 0.3) is 5.91 Å². The molecule has 2 aromatic carbocycles. The van der Waals surface area contributed by atoms with Crippen LogP contribution in [-0.2, 0) is 0 Å². The Morgan fingerprint density at radius 1 is 0.900 bits per heavy atom. The van der Waals surface area contributed by atoms with Gasteiger partial charge < -0.3 is 14.4 Å². The van der Waals surface area contributed by atoms with Crippen molar-refractivity contribution in [3.63, 3.8) is 0 Å². The summed E-state index contributed by atoms with van der Waals surface area (Å²) in [5.74, 6) is 1.45. The number of aromatic nitrogens is 1. The zero-order valence-electron chi connectivity index (χ0n) is 17.1. The molecule has 30 heavy (non-hydrogen) atoms. The lowest BCUT2D eigenvalue weighted by Crippen LogP contribution is -2.40. The Bertz CT molecular complexity index is 1070. The molecule has 0 saturated carbocycles. The van der Waals surface area contributed by atoms with Crippen molar-refractivity contribution in [2.75, 3.05) is 27.3 Å². The number of ketones is 1. The standard InChI is InChI=1S/C24H24N2O4/c1-29-19-6-3-16(4-7-19)23(27)17-11-13-26(14-12-17)24(28)22-9-5-18-15-20(30-2)8-10-21(18)25-22/h3-10,15,17H,11-14H2,1-2H3. The molecule has 154 valence electrons. The molecule has 6 nitrogen and oxygen atoms in total. The highest BCUT2D eigenvalue weighted by atomic mass is 16.5.